The van der Waals surface area contributed by atoms with Gasteiger partial charge in [-0.05, 0) is 134 Å². The summed E-state index contributed by atoms with van der Waals surface area (Å²) in [6, 6.07) is 16.0. The molecule has 0 radical (unpaired) electrons. The van der Waals surface area contributed by atoms with Crippen molar-refractivity contribution in [3.05, 3.63) is 93.1 Å². The van der Waals surface area contributed by atoms with Gasteiger partial charge in [-0.15, -0.1) is 0 Å². The molecule has 5 heterocycles. The predicted octanol–water partition coefficient (Wildman–Crippen LogP) is 11.4. The molecule has 0 atom stereocenters. The highest BCUT2D eigenvalue weighted by Gasteiger charge is 2.27. The molecule has 0 saturated heterocycles. The molecule has 1 N–H and O–H groups in total. The van der Waals surface area contributed by atoms with Crippen LogP contribution in [0.15, 0.2) is 42.5 Å². The Morgan fingerprint density at radius 3 is 1.67 bits per heavy atom. The molecule has 238 valence electrons. The minimum atomic E-state index is -0.00812. The van der Waals surface area contributed by atoms with Gasteiger partial charge in [0.15, 0.2) is 0 Å². The van der Waals surface area contributed by atoms with Crippen molar-refractivity contribution >= 4 is 44.4 Å². The first-order valence-corrected chi connectivity index (χ1v) is 16.6. The van der Waals surface area contributed by atoms with Crippen LogP contribution < -0.4 is 0 Å². The Bertz CT molecular complexity index is 2150. The van der Waals surface area contributed by atoms with Gasteiger partial charge in [0, 0.05) is 34.7 Å². The summed E-state index contributed by atoms with van der Waals surface area (Å²) in [4.78, 5) is 14.4. The zero-order chi connectivity index (χ0) is 33.6. The van der Waals surface area contributed by atoms with E-state index in [1.54, 1.807) is 0 Å². The summed E-state index contributed by atoms with van der Waals surface area (Å²) < 4.78 is 2.38. The summed E-state index contributed by atoms with van der Waals surface area (Å²) in [5.74, 6) is 0. The number of aromatic nitrogens is 4. The van der Waals surface area contributed by atoms with Crippen molar-refractivity contribution in [2.45, 2.75) is 101 Å². The third-order valence-electron chi connectivity index (χ3n) is 10.5. The number of nitrogens with one attached hydrogen (secondary N) is 1. The number of aryl methyl sites for hydroxylation is 3. The molecule has 0 amide bonds. The van der Waals surface area contributed by atoms with Crippen molar-refractivity contribution < 1.29 is 0 Å². The maximum atomic E-state index is 5.57. The second-order valence-corrected chi connectivity index (χ2v) is 15.7. The van der Waals surface area contributed by atoms with E-state index < -0.39 is 0 Å². The maximum Gasteiger partial charge on any atom is 0.0769 e. The molecule has 0 saturated carbocycles. The van der Waals surface area contributed by atoms with Crippen LogP contribution in [0.1, 0.15) is 120 Å². The molecule has 2 aliphatic heterocycles. The first kappa shape index (κ1) is 31.8. The molecule has 2 aliphatic rings. The van der Waals surface area contributed by atoms with E-state index in [1.807, 2.05) is 0 Å². The molecule has 3 aromatic heterocycles. The van der Waals surface area contributed by atoms with Gasteiger partial charge in [-0.3, -0.25) is 0 Å². The van der Waals surface area contributed by atoms with E-state index in [1.165, 1.54) is 66.7 Å². The lowest BCUT2D eigenvalue weighted by Crippen LogP contribution is -2.16. The number of allylic oxidation sites excluding steroid dienone is 4. The molecule has 0 spiro atoms. The van der Waals surface area contributed by atoms with Crippen molar-refractivity contribution in [3.63, 3.8) is 0 Å². The zero-order valence-corrected chi connectivity index (χ0v) is 30.4. The second kappa shape index (κ2) is 10.7. The lowest BCUT2D eigenvalue weighted by molar-refractivity contribution is 0.569. The van der Waals surface area contributed by atoms with Crippen LogP contribution in [-0.2, 0) is 17.9 Å². The fraction of sp³-hybridized carbons (Fsp3) is 0.381. The van der Waals surface area contributed by atoms with Gasteiger partial charge < -0.3 is 9.55 Å². The largest absolute Gasteiger partial charge is 0.355 e. The van der Waals surface area contributed by atoms with E-state index in [-0.39, 0.29) is 10.8 Å². The summed E-state index contributed by atoms with van der Waals surface area (Å²) >= 11 is 0. The Hall–Kier alpha value is -4.18. The number of benzene rings is 1. The Morgan fingerprint density at radius 1 is 0.565 bits per heavy atom. The van der Waals surface area contributed by atoms with Crippen LogP contribution in [0.5, 0.6) is 0 Å². The third-order valence-corrected chi connectivity index (χ3v) is 10.5. The number of hydrogen-bond acceptors (Lipinski definition) is 2. The zero-order valence-electron chi connectivity index (χ0n) is 30.4. The van der Waals surface area contributed by atoms with Crippen molar-refractivity contribution in [2.24, 2.45) is 7.05 Å². The molecule has 46 heavy (non-hydrogen) atoms. The standard InChI is InChI=1S/C42H50N4/c1-22-24(3)37-28(7)38-25(4)26(5)39(45-38)36(29-17-30(41(8,9)10)19-31(18-29)42(11,12)13)40-27(6)23(2)35(46(40)14)21-33-16-15-32(43-33)20-34(22)44-37/h15-21,43H,1-14H3. The number of hydrogen-bond donors (Lipinski definition) is 1. The average Bonchev–Trinajstić information content (AvgIpc) is 3.68. The lowest BCUT2D eigenvalue weighted by atomic mass is 9.78. The Morgan fingerprint density at radius 2 is 1.09 bits per heavy atom. The molecule has 6 rings (SSSR count). The van der Waals surface area contributed by atoms with Gasteiger partial charge in [-0.1, -0.05) is 59.7 Å². The molecule has 8 bridgehead atoms. The normalized spacial score (nSPS) is 14.1. The fourth-order valence-corrected chi connectivity index (χ4v) is 6.99. The van der Waals surface area contributed by atoms with Crippen molar-refractivity contribution in [1.82, 2.24) is 19.5 Å². The second-order valence-electron chi connectivity index (χ2n) is 15.7. The maximum absolute atomic E-state index is 5.57. The minimum Gasteiger partial charge on any atom is -0.355 e. The highest BCUT2D eigenvalue weighted by molar-refractivity contribution is 6.02. The highest BCUT2D eigenvalue weighted by Crippen LogP contribution is 2.44. The van der Waals surface area contributed by atoms with E-state index >= 15 is 0 Å². The first-order chi connectivity index (χ1) is 21.4. The van der Waals surface area contributed by atoms with Gasteiger partial charge in [0.05, 0.1) is 28.3 Å². The topological polar surface area (TPSA) is 46.5 Å². The van der Waals surface area contributed by atoms with E-state index in [9.17, 15) is 0 Å². The Kier molecular flexibility index (Phi) is 7.39. The summed E-state index contributed by atoms with van der Waals surface area (Å²) in [6.07, 6.45) is 0. The molecular formula is C42H50N4. The first-order valence-electron chi connectivity index (χ1n) is 16.6. The van der Waals surface area contributed by atoms with E-state index in [0.717, 1.165) is 39.4 Å². The van der Waals surface area contributed by atoms with E-state index in [2.05, 4.69) is 149 Å². The van der Waals surface area contributed by atoms with Gasteiger partial charge in [0.25, 0.3) is 0 Å². The molecular weight excluding hydrogens is 560 g/mol. The fourth-order valence-electron chi connectivity index (χ4n) is 6.99. The number of aromatic amines is 1. The number of H-pyrrole nitrogens is 1. The summed E-state index contributed by atoms with van der Waals surface area (Å²) in [6.45, 7) is 29.4. The van der Waals surface area contributed by atoms with Gasteiger partial charge in [-0.25, -0.2) is 9.97 Å². The SMILES string of the molecule is CC1=C(C)c2nc1cc1ccc(cc3c(C)c(C)c(c(-c4cc(C(C)(C)C)cc(C(C)(C)C)c4)c4nc(c2C)C(C)=C4C)n3C)[nH]1. The van der Waals surface area contributed by atoms with Gasteiger partial charge >= 0.3 is 0 Å². The summed E-state index contributed by atoms with van der Waals surface area (Å²) in [5, 5.41) is 0. The van der Waals surface area contributed by atoms with Crippen LogP contribution in [0, 0.1) is 20.8 Å². The number of rotatable bonds is 1. The average molecular weight is 611 g/mol. The molecule has 4 nitrogen and oxygen atoms in total. The predicted molar refractivity (Wildman–Crippen MR) is 199 cm³/mol. The van der Waals surface area contributed by atoms with Crippen LogP contribution in [0.3, 0.4) is 0 Å². The van der Waals surface area contributed by atoms with Crippen LogP contribution in [-0.4, -0.2) is 19.5 Å². The molecule has 0 fully saturated rings. The quantitative estimate of drug-likeness (QED) is 0.233. The summed E-state index contributed by atoms with van der Waals surface area (Å²) in [7, 11) is 2.21. The van der Waals surface area contributed by atoms with Crippen LogP contribution in [0.25, 0.3) is 55.5 Å². The van der Waals surface area contributed by atoms with Crippen LogP contribution in [0.2, 0.25) is 0 Å². The molecule has 4 aromatic rings. The number of fused-ring (bicyclic) bond motifs is 8. The van der Waals surface area contributed by atoms with Crippen LogP contribution in [0.4, 0.5) is 0 Å². The van der Waals surface area contributed by atoms with Crippen molar-refractivity contribution in [1.29, 1.82) is 0 Å². The van der Waals surface area contributed by atoms with Gasteiger partial charge in [-0.2, -0.15) is 0 Å². The van der Waals surface area contributed by atoms with Gasteiger partial charge in [0.2, 0.25) is 0 Å². The van der Waals surface area contributed by atoms with Gasteiger partial charge in [0.1, 0.15) is 0 Å². The number of nitrogens with zero attached hydrogens (tertiary/aromatic N) is 3. The highest BCUT2D eigenvalue weighted by atomic mass is 14.9. The monoisotopic (exact) mass is 610 g/mol. The Balaban J connectivity index is 1.91. The Labute approximate surface area is 275 Å². The van der Waals surface area contributed by atoms with Crippen LogP contribution >= 0.6 is 0 Å². The summed E-state index contributed by atoms with van der Waals surface area (Å²) in [5.41, 5.74) is 22.2. The minimum absolute atomic E-state index is 0.00812. The van der Waals surface area contributed by atoms with E-state index in [4.69, 9.17) is 9.97 Å². The molecule has 0 unspecified atom stereocenters. The molecule has 1 aromatic carbocycles. The smallest absolute Gasteiger partial charge is 0.0769 e. The van der Waals surface area contributed by atoms with E-state index in [0.29, 0.717) is 0 Å². The lowest BCUT2D eigenvalue weighted by Gasteiger charge is -2.26. The molecule has 4 heteroatoms. The third kappa shape index (κ3) is 5.07. The molecule has 0 aliphatic carbocycles. The van der Waals surface area contributed by atoms with Crippen molar-refractivity contribution in [3.8, 4) is 11.1 Å². The van der Waals surface area contributed by atoms with Crippen molar-refractivity contribution in [2.75, 3.05) is 0 Å².